The lowest BCUT2D eigenvalue weighted by molar-refractivity contribution is -0.114. The van der Waals surface area contributed by atoms with Crippen LogP contribution in [0.15, 0.2) is 54.6 Å². The quantitative estimate of drug-likeness (QED) is 0.756. The summed E-state index contributed by atoms with van der Waals surface area (Å²) < 4.78 is 0. The molecule has 0 unspecified atom stereocenters. The number of carbonyl (C=O) groups is 1. The zero-order chi connectivity index (χ0) is 14.8. The average Bonchev–Trinajstić information content (AvgIpc) is 2.82. The zero-order valence-electron chi connectivity index (χ0n) is 11.8. The van der Waals surface area contributed by atoms with Crippen molar-refractivity contribution in [3.63, 3.8) is 0 Å². The third kappa shape index (κ3) is 2.86. The summed E-state index contributed by atoms with van der Waals surface area (Å²) in [5.74, 6) is 0.0161. The van der Waals surface area contributed by atoms with Crippen molar-refractivity contribution in [2.45, 2.75) is 19.4 Å². The fourth-order valence-electron chi connectivity index (χ4n) is 2.72. The second kappa shape index (κ2) is 5.74. The Morgan fingerprint density at radius 3 is 2.67 bits per heavy atom. The molecule has 0 spiro atoms. The molecule has 3 heteroatoms. The number of anilines is 1. The Morgan fingerprint density at radius 1 is 1.19 bits per heavy atom. The standard InChI is InChI=1S/C18H16ClNO/c1-13-12-15-4-2-3-5-17(15)20(13)18(21)11-8-14-6-9-16(19)10-7-14/h2-11,13H,12H2,1H3/b11-8+/t13-/m0/s1. The van der Waals surface area contributed by atoms with Crippen LogP contribution in [-0.4, -0.2) is 11.9 Å². The molecule has 1 aliphatic heterocycles. The topological polar surface area (TPSA) is 20.3 Å². The highest BCUT2D eigenvalue weighted by Crippen LogP contribution is 2.32. The molecule has 0 fully saturated rings. The van der Waals surface area contributed by atoms with Crippen molar-refractivity contribution in [3.8, 4) is 0 Å². The van der Waals surface area contributed by atoms with Gasteiger partial charge in [0.25, 0.3) is 5.91 Å². The molecule has 2 aromatic rings. The van der Waals surface area contributed by atoms with Gasteiger partial charge in [-0.25, -0.2) is 0 Å². The first kappa shape index (κ1) is 13.9. The minimum absolute atomic E-state index is 0.0161. The lowest BCUT2D eigenvalue weighted by atomic mass is 10.1. The van der Waals surface area contributed by atoms with E-state index in [0.717, 1.165) is 17.7 Å². The predicted molar refractivity (Wildman–Crippen MR) is 87.6 cm³/mol. The van der Waals surface area contributed by atoms with Gasteiger partial charge < -0.3 is 4.90 Å². The molecule has 3 rings (SSSR count). The van der Waals surface area contributed by atoms with Gasteiger partial charge in [-0.1, -0.05) is 41.9 Å². The minimum atomic E-state index is 0.0161. The van der Waals surface area contributed by atoms with Crippen LogP contribution in [0.25, 0.3) is 6.08 Å². The van der Waals surface area contributed by atoms with Crippen LogP contribution in [0.5, 0.6) is 0 Å². The highest BCUT2D eigenvalue weighted by molar-refractivity contribution is 6.30. The summed E-state index contributed by atoms with van der Waals surface area (Å²) in [6.07, 6.45) is 4.37. The van der Waals surface area contributed by atoms with Gasteiger partial charge in [0, 0.05) is 22.8 Å². The van der Waals surface area contributed by atoms with Gasteiger partial charge in [0.1, 0.15) is 0 Å². The monoisotopic (exact) mass is 297 g/mol. The van der Waals surface area contributed by atoms with E-state index in [0.29, 0.717) is 5.02 Å². The molecule has 106 valence electrons. The molecular weight excluding hydrogens is 282 g/mol. The van der Waals surface area contributed by atoms with Crippen LogP contribution >= 0.6 is 11.6 Å². The van der Waals surface area contributed by atoms with E-state index in [1.54, 1.807) is 6.08 Å². The van der Waals surface area contributed by atoms with Gasteiger partial charge in [-0.3, -0.25) is 4.79 Å². The van der Waals surface area contributed by atoms with Crippen LogP contribution in [0.4, 0.5) is 5.69 Å². The number of nitrogens with zero attached hydrogens (tertiary/aromatic N) is 1. The Hall–Kier alpha value is -2.06. The Kier molecular flexibility index (Phi) is 3.80. The Balaban J connectivity index is 1.81. The maximum Gasteiger partial charge on any atom is 0.251 e. The van der Waals surface area contributed by atoms with Crippen molar-refractivity contribution in [1.29, 1.82) is 0 Å². The fourth-order valence-corrected chi connectivity index (χ4v) is 2.85. The summed E-state index contributed by atoms with van der Waals surface area (Å²) in [6, 6.07) is 15.7. The van der Waals surface area contributed by atoms with E-state index in [2.05, 4.69) is 13.0 Å². The molecule has 0 N–H and O–H groups in total. The van der Waals surface area contributed by atoms with Crippen molar-refractivity contribution in [2.24, 2.45) is 0 Å². The summed E-state index contributed by atoms with van der Waals surface area (Å²) in [5, 5.41) is 0.695. The molecule has 2 aromatic carbocycles. The number of benzene rings is 2. The molecule has 2 nitrogen and oxygen atoms in total. The number of halogens is 1. The first-order valence-corrected chi connectivity index (χ1v) is 7.38. The number of para-hydroxylation sites is 1. The van der Waals surface area contributed by atoms with Gasteiger partial charge in [-0.05, 0) is 48.7 Å². The molecule has 21 heavy (non-hydrogen) atoms. The van der Waals surface area contributed by atoms with Gasteiger partial charge >= 0.3 is 0 Å². The second-order valence-corrected chi connectivity index (χ2v) is 5.71. The normalized spacial score (nSPS) is 17.2. The van der Waals surface area contributed by atoms with Crippen molar-refractivity contribution >= 4 is 29.3 Å². The van der Waals surface area contributed by atoms with Gasteiger partial charge in [0.15, 0.2) is 0 Å². The fraction of sp³-hybridized carbons (Fsp3) is 0.167. The van der Waals surface area contributed by atoms with E-state index in [1.165, 1.54) is 5.56 Å². The third-order valence-electron chi connectivity index (χ3n) is 3.73. The number of carbonyl (C=O) groups excluding carboxylic acids is 1. The second-order valence-electron chi connectivity index (χ2n) is 5.27. The Bertz CT molecular complexity index is 691. The third-order valence-corrected chi connectivity index (χ3v) is 3.99. The summed E-state index contributed by atoms with van der Waals surface area (Å²) >= 11 is 5.85. The van der Waals surface area contributed by atoms with Crippen LogP contribution < -0.4 is 4.90 Å². The largest absolute Gasteiger partial charge is 0.305 e. The lowest BCUT2D eigenvalue weighted by Crippen LogP contribution is -2.34. The molecule has 1 aliphatic rings. The number of fused-ring (bicyclic) bond motifs is 1. The summed E-state index contributed by atoms with van der Waals surface area (Å²) in [7, 11) is 0. The lowest BCUT2D eigenvalue weighted by Gasteiger charge is -2.20. The predicted octanol–water partition coefficient (Wildman–Crippen LogP) is 4.33. The number of hydrogen-bond acceptors (Lipinski definition) is 1. The van der Waals surface area contributed by atoms with Gasteiger partial charge in [0.05, 0.1) is 0 Å². The van der Waals surface area contributed by atoms with E-state index in [4.69, 9.17) is 11.6 Å². The molecule has 1 atom stereocenters. The van der Waals surface area contributed by atoms with E-state index in [1.807, 2.05) is 53.4 Å². The van der Waals surface area contributed by atoms with Gasteiger partial charge in [-0.2, -0.15) is 0 Å². The maximum atomic E-state index is 12.5. The molecule has 0 aromatic heterocycles. The minimum Gasteiger partial charge on any atom is -0.305 e. The van der Waals surface area contributed by atoms with Crippen LogP contribution in [0.3, 0.4) is 0 Å². The molecule has 0 radical (unpaired) electrons. The first-order valence-electron chi connectivity index (χ1n) is 7.00. The Labute approximate surface area is 129 Å². The summed E-state index contributed by atoms with van der Waals surface area (Å²) in [6.45, 7) is 2.08. The molecule has 0 saturated carbocycles. The molecule has 0 aliphatic carbocycles. The molecule has 1 amide bonds. The zero-order valence-corrected chi connectivity index (χ0v) is 12.5. The number of rotatable bonds is 2. The maximum absolute atomic E-state index is 12.5. The Morgan fingerprint density at radius 2 is 1.90 bits per heavy atom. The first-order chi connectivity index (χ1) is 10.1. The van der Waals surface area contributed by atoms with Crippen LogP contribution in [0.2, 0.25) is 5.02 Å². The molecular formula is C18H16ClNO. The summed E-state index contributed by atoms with van der Waals surface area (Å²) in [4.78, 5) is 14.3. The van der Waals surface area contributed by atoms with E-state index in [9.17, 15) is 4.79 Å². The summed E-state index contributed by atoms with van der Waals surface area (Å²) in [5.41, 5.74) is 3.22. The van der Waals surface area contributed by atoms with E-state index >= 15 is 0 Å². The molecule has 0 bridgehead atoms. The smallest absolute Gasteiger partial charge is 0.251 e. The van der Waals surface area contributed by atoms with Crippen molar-refractivity contribution in [3.05, 3.63) is 70.8 Å². The van der Waals surface area contributed by atoms with Gasteiger partial charge in [0.2, 0.25) is 0 Å². The molecule has 0 saturated heterocycles. The van der Waals surface area contributed by atoms with E-state index < -0.39 is 0 Å². The SMILES string of the molecule is C[C@H]1Cc2ccccc2N1C(=O)/C=C/c1ccc(Cl)cc1. The van der Waals surface area contributed by atoms with Crippen LogP contribution in [0, 0.1) is 0 Å². The van der Waals surface area contributed by atoms with Crippen molar-refractivity contribution in [1.82, 2.24) is 0 Å². The molecule has 1 heterocycles. The van der Waals surface area contributed by atoms with Crippen LogP contribution in [0.1, 0.15) is 18.1 Å². The van der Waals surface area contributed by atoms with Crippen molar-refractivity contribution < 1.29 is 4.79 Å². The number of amides is 1. The highest BCUT2D eigenvalue weighted by atomic mass is 35.5. The van der Waals surface area contributed by atoms with Crippen molar-refractivity contribution in [2.75, 3.05) is 4.90 Å². The average molecular weight is 298 g/mol. The van der Waals surface area contributed by atoms with Gasteiger partial charge in [-0.15, -0.1) is 0 Å². The number of hydrogen-bond donors (Lipinski definition) is 0. The van der Waals surface area contributed by atoms with E-state index in [-0.39, 0.29) is 11.9 Å². The van der Waals surface area contributed by atoms with Crippen LogP contribution in [-0.2, 0) is 11.2 Å². The highest BCUT2D eigenvalue weighted by Gasteiger charge is 2.28.